The van der Waals surface area contributed by atoms with Crippen molar-refractivity contribution in [3.63, 3.8) is 0 Å². The predicted octanol–water partition coefficient (Wildman–Crippen LogP) is 4.03. The molecule has 0 aliphatic heterocycles. The Morgan fingerprint density at radius 1 is 1.10 bits per heavy atom. The Bertz CT molecular complexity index is 985. The van der Waals surface area contributed by atoms with Crippen molar-refractivity contribution >= 4 is 21.6 Å². The van der Waals surface area contributed by atoms with Crippen molar-refractivity contribution in [3.05, 3.63) is 59.2 Å². The average molecular weight is 447 g/mol. The van der Waals surface area contributed by atoms with Crippen LogP contribution in [0.2, 0.25) is 0 Å². The van der Waals surface area contributed by atoms with E-state index in [4.69, 9.17) is 4.74 Å². The van der Waals surface area contributed by atoms with Gasteiger partial charge in [0.25, 0.3) is 0 Å². The highest BCUT2D eigenvalue weighted by molar-refractivity contribution is 7.92. The fraction of sp³-hybridized carbons (Fsp3) is 0.458. The van der Waals surface area contributed by atoms with Crippen LogP contribution in [0.3, 0.4) is 0 Å². The van der Waals surface area contributed by atoms with E-state index in [1.807, 2.05) is 13.0 Å². The first-order valence-electron chi connectivity index (χ1n) is 10.5. The van der Waals surface area contributed by atoms with Crippen LogP contribution < -0.4 is 14.4 Å². The molecular formula is C24H34N2O4S. The van der Waals surface area contributed by atoms with Crippen molar-refractivity contribution < 1.29 is 17.9 Å². The number of anilines is 1. The number of aryl methyl sites for hydroxylation is 2. The summed E-state index contributed by atoms with van der Waals surface area (Å²) < 4.78 is 31.5. The molecule has 1 atom stereocenters. The van der Waals surface area contributed by atoms with E-state index in [0.717, 1.165) is 29.0 Å². The number of nitrogens with zero attached hydrogens (tertiary/aromatic N) is 1. The van der Waals surface area contributed by atoms with Crippen LogP contribution in [0, 0.1) is 6.92 Å². The number of rotatable bonds is 10. The quantitative estimate of drug-likeness (QED) is 0.559. The minimum absolute atomic E-state index is 0.343. The molecular weight excluding hydrogens is 412 g/mol. The Balaban J connectivity index is 2.03. The average Bonchev–Trinajstić information content (AvgIpc) is 2.70. The largest absolute Gasteiger partial charge is 0.495 e. The molecule has 0 aliphatic carbocycles. The maximum Gasteiger partial charge on any atom is 0.243 e. The number of methoxy groups -OCH3 is 1. The number of benzene rings is 2. The van der Waals surface area contributed by atoms with Gasteiger partial charge in [0.2, 0.25) is 15.9 Å². The molecule has 0 bridgehead atoms. The van der Waals surface area contributed by atoms with Crippen LogP contribution in [-0.4, -0.2) is 40.3 Å². The second-order valence-corrected chi connectivity index (χ2v) is 10.1. The van der Waals surface area contributed by atoms with Crippen LogP contribution in [-0.2, 0) is 21.2 Å². The molecule has 0 fully saturated rings. The Hall–Kier alpha value is -2.54. The molecule has 31 heavy (non-hydrogen) atoms. The molecule has 0 saturated heterocycles. The predicted molar refractivity (Wildman–Crippen MR) is 126 cm³/mol. The molecule has 1 amide bonds. The number of sulfonamides is 1. The lowest BCUT2D eigenvalue weighted by Gasteiger charge is -2.29. The molecule has 0 spiro atoms. The fourth-order valence-corrected chi connectivity index (χ4v) is 4.64. The van der Waals surface area contributed by atoms with Gasteiger partial charge >= 0.3 is 0 Å². The van der Waals surface area contributed by atoms with Gasteiger partial charge in [-0.3, -0.25) is 9.10 Å². The first-order valence-corrected chi connectivity index (χ1v) is 12.4. The van der Waals surface area contributed by atoms with Crippen molar-refractivity contribution in [1.29, 1.82) is 0 Å². The van der Waals surface area contributed by atoms with Crippen LogP contribution >= 0.6 is 0 Å². The van der Waals surface area contributed by atoms with Gasteiger partial charge < -0.3 is 10.1 Å². The summed E-state index contributed by atoms with van der Waals surface area (Å²) in [5.74, 6) is 0.560. The second-order valence-electron chi connectivity index (χ2n) is 8.20. The van der Waals surface area contributed by atoms with Crippen LogP contribution in [0.25, 0.3) is 0 Å². The lowest BCUT2D eigenvalue weighted by atomic mass is 10.0. The van der Waals surface area contributed by atoms with Gasteiger partial charge in [0.1, 0.15) is 11.8 Å². The summed E-state index contributed by atoms with van der Waals surface area (Å²) in [6.07, 6.45) is 2.71. The number of hydrogen-bond donors (Lipinski definition) is 1. The summed E-state index contributed by atoms with van der Waals surface area (Å²) in [6, 6.07) is 12.9. The minimum atomic E-state index is -3.70. The van der Waals surface area contributed by atoms with E-state index in [-0.39, 0.29) is 5.91 Å². The maximum atomic E-state index is 12.8. The van der Waals surface area contributed by atoms with Crippen molar-refractivity contribution in [2.24, 2.45) is 0 Å². The van der Waals surface area contributed by atoms with E-state index >= 15 is 0 Å². The third-order valence-electron chi connectivity index (χ3n) is 5.25. The Kier molecular flexibility index (Phi) is 8.51. The Morgan fingerprint density at radius 2 is 1.74 bits per heavy atom. The molecule has 0 saturated carbocycles. The van der Waals surface area contributed by atoms with Crippen molar-refractivity contribution in [3.8, 4) is 5.75 Å². The molecule has 2 aromatic carbocycles. The van der Waals surface area contributed by atoms with Gasteiger partial charge in [-0.1, -0.05) is 44.2 Å². The number of ether oxygens (including phenoxy) is 1. The molecule has 170 valence electrons. The zero-order valence-electron chi connectivity index (χ0n) is 19.3. The normalized spacial score (nSPS) is 12.5. The SMILES string of the molecule is COc1ccc(C)cc1N([C@@H](C)C(=O)NCCCc1ccc(C(C)C)cc1)S(C)(=O)=O. The van der Waals surface area contributed by atoms with E-state index in [1.54, 1.807) is 19.1 Å². The molecule has 2 aromatic rings. The molecule has 2 rings (SSSR count). The van der Waals surface area contributed by atoms with E-state index in [0.29, 0.717) is 23.9 Å². The van der Waals surface area contributed by atoms with Gasteiger partial charge in [0.05, 0.1) is 19.1 Å². The van der Waals surface area contributed by atoms with Crippen LogP contribution in [0.1, 0.15) is 49.8 Å². The van der Waals surface area contributed by atoms with Gasteiger partial charge in [0, 0.05) is 6.54 Å². The summed E-state index contributed by atoms with van der Waals surface area (Å²) in [6.45, 7) is 8.25. The zero-order chi connectivity index (χ0) is 23.2. The fourth-order valence-electron chi connectivity index (χ4n) is 3.47. The molecule has 0 aromatic heterocycles. The number of amides is 1. The smallest absolute Gasteiger partial charge is 0.243 e. The highest BCUT2D eigenvalue weighted by atomic mass is 32.2. The molecule has 6 nitrogen and oxygen atoms in total. The van der Waals surface area contributed by atoms with Gasteiger partial charge in [-0.25, -0.2) is 8.42 Å². The van der Waals surface area contributed by atoms with E-state index in [2.05, 4.69) is 43.4 Å². The van der Waals surface area contributed by atoms with E-state index in [9.17, 15) is 13.2 Å². The standard InChI is InChI=1S/C24H34N2O4S/c1-17(2)21-12-10-20(11-13-21)8-7-15-25-24(27)19(4)26(31(6,28)29)22-16-18(3)9-14-23(22)30-5/h9-14,16-17,19H,7-8,15H2,1-6H3,(H,25,27)/t19-/m0/s1. The first kappa shape index (κ1) is 24.7. The highest BCUT2D eigenvalue weighted by Crippen LogP contribution is 2.32. The summed E-state index contributed by atoms with van der Waals surface area (Å²) in [4.78, 5) is 12.8. The summed E-state index contributed by atoms with van der Waals surface area (Å²) in [5.41, 5.74) is 3.76. The van der Waals surface area contributed by atoms with Gasteiger partial charge in [-0.05, 0) is 61.4 Å². The highest BCUT2D eigenvalue weighted by Gasteiger charge is 2.31. The molecule has 0 radical (unpaired) electrons. The maximum absolute atomic E-state index is 12.8. The third-order valence-corrected chi connectivity index (χ3v) is 6.48. The number of carbonyl (C=O) groups excluding carboxylic acids is 1. The Morgan fingerprint density at radius 3 is 2.29 bits per heavy atom. The Labute approximate surface area is 186 Å². The summed E-state index contributed by atoms with van der Waals surface area (Å²) in [7, 11) is -2.22. The van der Waals surface area contributed by atoms with Crippen LogP contribution in [0.5, 0.6) is 5.75 Å². The van der Waals surface area contributed by atoms with Gasteiger partial charge in [-0.15, -0.1) is 0 Å². The van der Waals surface area contributed by atoms with Crippen molar-refractivity contribution in [2.45, 2.75) is 52.5 Å². The van der Waals surface area contributed by atoms with Crippen LogP contribution in [0.15, 0.2) is 42.5 Å². The van der Waals surface area contributed by atoms with E-state index in [1.165, 1.54) is 18.2 Å². The molecule has 0 heterocycles. The summed E-state index contributed by atoms with van der Waals surface area (Å²) >= 11 is 0. The lowest BCUT2D eigenvalue weighted by molar-refractivity contribution is -0.121. The van der Waals surface area contributed by atoms with Crippen molar-refractivity contribution in [1.82, 2.24) is 5.32 Å². The third kappa shape index (κ3) is 6.72. The first-order chi connectivity index (χ1) is 14.5. The monoisotopic (exact) mass is 446 g/mol. The number of carbonyl (C=O) groups is 1. The van der Waals surface area contributed by atoms with E-state index < -0.39 is 16.1 Å². The van der Waals surface area contributed by atoms with Crippen LogP contribution in [0.4, 0.5) is 5.69 Å². The lowest BCUT2D eigenvalue weighted by Crippen LogP contribution is -2.48. The number of hydrogen-bond acceptors (Lipinski definition) is 4. The topological polar surface area (TPSA) is 75.7 Å². The minimum Gasteiger partial charge on any atom is -0.495 e. The van der Waals surface area contributed by atoms with Crippen molar-refractivity contribution in [2.75, 3.05) is 24.2 Å². The molecule has 7 heteroatoms. The van der Waals surface area contributed by atoms with Gasteiger partial charge in [-0.2, -0.15) is 0 Å². The molecule has 0 unspecified atom stereocenters. The molecule has 1 N–H and O–H groups in total. The summed E-state index contributed by atoms with van der Waals surface area (Å²) in [5, 5.41) is 2.87. The second kappa shape index (κ2) is 10.7. The molecule has 0 aliphatic rings. The van der Waals surface area contributed by atoms with Gasteiger partial charge in [0.15, 0.2) is 0 Å². The zero-order valence-corrected chi connectivity index (χ0v) is 20.1. The number of nitrogens with one attached hydrogen (secondary N) is 1.